The SMILES string of the molecule is [2H]C([2H])(/C=C\C[C@H]1[C@@H](O)CC(=O)O[C@@H]1/C=C/[C@@H](O)CCCCC)C([2H])([2H])CC(=O)O. The highest BCUT2D eigenvalue weighted by atomic mass is 16.5. The van der Waals surface area contributed by atoms with E-state index < -0.39 is 55.3 Å². The molecule has 0 saturated carbocycles. The van der Waals surface area contributed by atoms with Crippen LogP contribution in [0.4, 0.5) is 0 Å². The predicted molar refractivity (Wildman–Crippen MR) is 98.5 cm³/mol. The zero-order chi connectivity index (χ0) is 22.9. The Kier molecular flexibility index (Phi) is 8.03. The topological polar surface area (TPSA) is 104 Å². The van der Waals surface area contributed by atoms with Gasteiger partial charge in [-0.1, -0.05) is 44.4 Å². The largest absolute Gasteiger partial charge is 0.481 e. The van der Waals surface area contributed by atoms with Gasteiger partial charge in [0.05, 0.1) is 18.6 Å². The maximum Gasteiger partial charge on any atom is 0.309 e. The molecule has 1 fully saturated rings. The molecule has 6 heteroatoms. The number of hydrogen-bond donors (Lipinski definition) is 3. The van der Waals surface area contributed by atoms with Crippen LogP contribution in [0.5, 0.6) is 0 Å². The molecule has 0 aromatic carbocycles. The van der Waals surface area contributed by atoms with Gasteiger partial charge in [0.15, 0.2) is 0 Å². The number of aliphatic hydroxyl groups excluding tert-OH is 2. The number of carboxylic acid groups (broad SMARTS) is 1. The fourth-order valence-corrected chi connectivity index (χ4v) is 2.71. The number of carboxylic acids is 1. The lowest BCUT2D eigenvalue weighted by Gasteiger charge is -2.32. The van der Waals surface area contributed by atoms with Crippen LogP contribution in [-0.2, 0) is 14.3 Å². The Morgan fingerprint density at radius 3 is 2.88 bits per heavy atom. The summed E-state index contributed by atoms with van der Waals surface area (Å²) < 4.78 is 36.3. The van der Waals surface area contributed by atoms with Gasteiger partial charge >= 0.3 is 11.9 Å². The third-order valence-electron chi connectivity index (χ3n) is 4.14. The number of allylic oxidation sites excluding steroid dienone is 2. The van der Waals surface area contributed by atoms with Crippen molar-refractivity contribution in [2.24, 2.45) is 5.92 Å². The number of aliphatic carboxylic acids is 1. The van der Waals surface area contributed by atoms with Crippen molar-refractivity contribution in [3.63, 3.8) is 0 Å². The molecule has 1 aliphatic rings. The molecule has 1 saturated heterocycles. The van der Waals surface area contributed by atoms with Crippen LogP contribution in [0.15, 0.2) is 24.3 Å². The molecule has 0 spiro atoms. The van der Waals surface area contributed by atoms with E-state index in [1.165, 1.54) is 18.2 Å². The van der Waals surface area contributed by atoms with E-state index in [4.69, 9.17) is 15.3 Å². The summed E-state index contributed by atoms with van der Waals surface area (Å²) in [5.41, 5.74) is 0. The highest BCUT2D eigenvalue weighted by Crippen LogP contribution is 2.27. The van der Waals surface area contributed by atoms with Gasteiger partial charge in [0.1, 0.15) is 6.10 Å². The summed E-state index contributed by atoms with van der Waals surface area (Å²) in [6.07, 6.45) is -0.0841. The second-order valence-corrected chi connectivity index (χ2v) is 6.37. The molecular formula is C20H32O6. The third kappa shape index (κ3) is 9.15. The molecule has 1 heterocycles. The first kappa shape index (κ1) is 16.5. The predicted octanol–water partition coefficient (Wildman–Crippen LogP) is 2.98. The zero-order valence-corrected chi connectivity index (χ0v) is 15.1. The minimum Gasteiger partial charge on any atom is -0.481 e. The van der Waals surface area contributed by atoms with Crippen LogP contribution in [0.25, 0.3) is 0 Å². The lowest BCUT2D eigenvalue weighted by Crippen LogP contribution is -2.41. The van der Waals surface area contributed by atoms with Crippen LogP contribution in [0.2, 0.25) is 0 Å². The smallest absolute Gasteiger partial charge is 0.309 e. The minimum atomic E-state index is -2.62. The van der Waals surface area contributed by atoms with Crippen LogP contribution >= 0.6 is 0 Å². The summed E-state index contributed by atoms with van der Waals surface area (Å²) in [7, 11) is 0. The molecule has 0 aromatic heterocycles. The van der Waals surface area contributed by atoms with E-state index in [-0.39, 0.29) is 12.8 Å². The number of hydrogen-bond acceptors (Lipinski definition) is 5. The van der Waals surface area contributed by atoms with E-state index in [1.54, 1.807) is 0 Å². The van der Waals surface area contributed by atoms with E-state index in [0.29, 0.717) is 6.42 Å². The van der Waals surface area contributed by atoms with Crippen molar-refractivity contribution in [3.8, 4) is 0 Å². The first-order chi connectivity index (χ1) is 13.9. The quantitative estimate of drug-likeness (QED) is 0.276. The van der Waals surface area contributed by atoms with Crippen molar-refractivity contribution in [1.82, 2.24) is 0 Å². The van der Waals surface area contributed by atoms with Gasteiger partial charge < -0.3 is 20.1 Å². The lowest BCUT2D eigenvalue weighted by molar-refractivity contribution is -0.163. The Hall–Kier alpha value is -1.66. The van der Waals surface area contributed by atoms with Gasteiger partial charge in [-0.25, -0.2) is 0 Å². The van der Waals surface area contributed by atoms with Gasteiger partial charge in [-0.05, 0) is 31.7 Å². The number of unbranched alkanes of at least 4 members (excludes halogenated alkanes) is 2. The Morgan fingerprint density at radius 1 is 1.42 bits per heavy atom. The Morgan fingerprint density at radius 2 is 2.19 bits per heavy atom. The molecule has 1 aliphatic heterocycles. The number of rotatable bonds is 12. The molecule has 0 amide bonds. The number of carbonyl (C=O) groups is 2. The van der Waals surface area contributed by atoms with Crippen molar-refractivity contribution in [2.75, 3.05) is 0 Å². The summed E-state index contributed by atoms with van der Waals surface area (Å²) >= 11 is 0. The number of ether oxygens (including phenoxy) is 1. The standard InChI is InChI=1S/C20H32O6/c1-2-3-6-9-15(21)12-13-18-16(17(22)14-20(25)26-18)10-7-4-5-8-11-19(23)24/h4,7,12-13,15-18,21-22H,2-3,5-6,8-11,14H2,1H3,(H,23,24)/b7-4-,13-12+/t15-,16-,17-,18+/m0/s1/i5D2,8D2. The first-order valence-electron chi connectivity index (χ1n) is 11.0. The normalized spacial score (nSPS) is 28.3. The molecule has 148 valence electrons. The molecule has 0 radical (unpaired) electrons. The number of aliphatic hydroxyl groups is 2. The summed E-state index contributed by atoms with van der Waals surface area (Å²) in [5.74, 6) is -2.63. The van der Waals surface area contributed by atoms with E-state index in [0.717, 1.165) is 25.3 Å². The number of cyclic esters (lactones) is 1. The van der Waals surface area contributed by atoms with E-state index >= 15 is 0 Å². The summed E-state index contributed by atoms with van der Waals surface area (Å²) in [6, 6.07) is 0. The Bertz CT molecular complexity index is 635. The van der Waals surface area contributed by atoms with E-state index in [9.17, 15) is 19.8 Å². The van der Waals surface area contributed by atoms with Crippen molar-refractivity contribution in [1.29, 1.82) is 0 Å². The molecule has 3 N–H and O–H groups in total. The molecular weight excluding hydrogens is 336 g/mol. The van der Waals surface area contributed by atoms with Crippen molar-refractivity contribution in [2.45, 2.75) is 82.9 Å². The van der Waals surface area contributed by atoms with Gasteiger partial charge in [-0.3, -0.25) is 9.59 Å². The molecule has 0 unspecified atom stereocenters. The Labute approximate surface area is 161 Å². The van der Waals surface area contributed by atoms with E-state index in [2.05, 4.69) is 6.92 Å². The Balaban J connectivity index is 2.83. The van der Waals surface area contributed by atoms with Crippen LogP contribution in [0, 0.1) is 5.92 Å². The monoisotopic (exact) mass is 372 g/mol. The van der Waals surface area contributed by atoms with Crippen molar-refractivity contribution >= 4 is 11.9 Å². The number of esters is 1. The maximum atomic E-state index is 11.7. The van der Waals surface area contributed by atoms with Gasteiger partial charge in [-0.2, -0.15) is 0 Å². The summed E-state index contributed by atoms with van der Waals surface area (Å²) in [5, 5.41) is 29.1. The molecule has 6 nitrogen and oxygen atoms in total. The van der Waals surface area contributed by atoms with Crippen LogP contribution in [-0.4, -0.2) is 45.6 Å². The second-order valence-electron chi connectivity index (χ2n) is 6.37. The van der Waals surface area contributed by atoms with Crippen molar-refractivity contribution in [3.05, 3.63) is 24.3 Å². The molecule has 0 bridgehead atoms. The number of carbonyl (C=O) groups excluding carboxylic acids is 1. The van der Waals surface area contributed by atoms with Crippen LogP contribution in [0.3, 0.4) is 0 Å². The summed E-state index contributed by atoms with van der Waals surface area (Å²) in [4.78, 5) is 22.5. The first-order valence-corrected chi connectivity index (χ1v) is 9.03. The average molecular weight is 372 g/mol. The summed E-state index contributed by atoms with van der Waals surface area (Å²) in [6.45, 7) is 2.05. The highest BCUT2D eigenvalue weighted by molar-refractivity contribution is 5.71. The molecule has 4 atom stereocenters. The minimum absolute atomic E-state index is 0.0814. The fourth-order valence-electron chi connectivity index (χ4n) is 2.71. The molecule has 1 rings (SSSR count). The van der Waals surface area contributed by atoms with Crippen LogP contribution < -0.4 is 0 Å². The average Bonchev–Trinajstić information content (AvgIpc) is 2.60. The van der Waals surface area contributed by atoms with Crippen LogP contribution in [0.1, 0.15) is 70.1 Å². The van der Waals surface area contributed by atoms with Crippen molar-refractivity contribution < 1.29 is 35.1 Å². The van der Waals surface area contributed by atoms with Gasteiger partial charge in [-0.15, -0.1) is 0 Å². The molecule has 26 heavy (non-hydrogen) atoms. The van der Waals surface area contributed by atoms with Gasteiger partial charge in [0.2, 0.25) is 0 Å². The molecule has 0 aromatic rings. The third-order valence-corrected chi connectivity index (χ3v) is 4.14. The fraction of sp³-hybridized carbons (Fsp3) is 0.700. The van der Waals surface area contributed by atoms with E-state index in [1.807, 2.05) is 0 Å². The second kappa shape index (κ2) is 12.7. The highest BCUT2D eigenvalue weighted by Gasteiger charge is 2.35. The molecule has 0 aliphatic carbocycles. The zero-order valence-electron chi connectivity index (χ0n) is 19.1. The lowest BCUT2D eigenvalue weighted by atomic mass is 9.87. The van der Waals surface area contributed by atoms with Gasteiger partial charge in [0, 0.05) is 17.8 Å². The maximum absolute atomic E-state index is 11.7. The van der Waals surface area contributed by atoms with Gasteiger partial charge in [0.25, 0.3) is 0 Å².